The lowest BCUT2D eigenvalue weighted by molar-refractivity contribution is 0.179. The first-order valence-corrected chi connectivity index (χ1v) is 6.90. The molecule has 0 aromatic carbocycles. The van der Waals surface area contributed by atoms with Gasteiger partial charge in [-0.3, -0.25) is 0 Å². The minimum absolute atomic E-state index is 0. The third kappa shape index (κ3) is 7.07. The predicted molar refractivity (Wildman–Crippen MR) is 91.4 cm³/mol. The average molecular weight is 398 g/mol. The van der Waals surface area contributed by atoms with Crippen LogP contribution in [0, 0.1) is 0 Å². The Bertz CT molecular complexity index is 395. The number of aromatic nitrogens is 1. The summed E-state index contributed by atoms with van der Waals surface area (Å²) in [6.07, 6.45) is 0. The summed E-state index contributed by atoms with van der Waals surface area (Å²) in [6.45, 7) is 7.38. The van der Waals surface area contributed by atoms with Crippen LogP contribution in [0.2, 0.25) is 0 Å². The van der Waals surface area contributed by atoms with Crippen molar-refractivity contribution in [2.45, 2.75) is 39.3 Å². The number of methoxy groups -OCH3 is 1. The summed E-state index contributed by atoms with van der Waals surface area (Å²) in [5.41, 5.74) is 6.74. The normalized spacial score (nSPS) is 13.2. The summed E-state index contributed by atoms with van der Waals surface area (Å²) in [5.74, 6) is 0.892. The summed E-state index contributed by atoms with van der Waals surface area (Å²) in [4.78, 5) is 8.76. The van der Waals surface area contributed by atoms with Crippen LogP contribution in [-0.2, 0) is 11.3 Å². The van der Waals surface area contributed by atoms with Gasteiger partial charge in [0.05, 0.1) is 23.9 Å². The fourth-order valence-corrected chi connectivity index (χ4v) is 2.24. The van der Waals surface area contributed by atoms with Crippen LogP contribution in [0.1, 0.15) is 37.4 Å². The van der Waals surface area contributed by atoms with E-state index in [0.29, 0.717) is 25.0 Å². The Morgan fingerprint density at radius 2 is 2.21 bits per heavy atom. The fourth-order valence-electron chi connectivity index (χ4n) is 1.42. The van der Waals surface area contributed by atoms with E-state index in [1.54, 1.807) is 18.4 Å². The van der Waals surface area contributed by atoms with Crippen LogP contribution < -0.4 is 11.1 Å². The Labute approximate surface area is 136 Å². The van der Waals surface area contributed by atoms with E-state index < -0.39 is 0 Å². The van der Waals surface area contributed by atoms with Crippen LogP contribution in [0.4, 0.5) is 0 Å². The number of hydrogen-bond donors (Lipinski definition) is 2. The monoisotopic (exact) mass is 398 g/mol. The number of nitrogens with one attached hydrogen (secondary N) is 1. The third-order valence-electron chi connectivity index (χ3n) is 2.29. The Balaban J connectivity index is 0.00000324. The lowest BCUT2D eigenvalue weighted by Crippen LogP contribution is -2.40. The quantitative estimate of drug-likeness (QED) is 0.438. The van der Waals surface area contributed by atoms with Crippen LogP contribution in [0.5, 0.6) is 0 Å². The van der Waals surface area contributed by atoms with Gasteiger partial charge in [0.25, 0.3) is 0 Å². The molecule has 1 atom stereocenters. The minimum atomic E-state index is 0. The number of nitrogens with two attached hydrogens (primary N) is 1. The summed E-state index contributed by atoms with van der Waals surface area (Å²) < 4.78 is 5.01. The lowest BCUT2D eigenvalue weighted by atomic mass is 10.2. The van der Waals surface area contributed by atoms with Gasteiger partial charge in [-0.05, 0) is 6.92 Å². The highest BCUT2D eigenvalue weighted by Gasteiger charge is 2.06. The maximum Gasteiger partial charge on any atom is 0.189 e. The molecule has 5 nitrogen and oxygen atoms in total. The molecule has 0 saturated heterocycles. The van der Waals surface area contributed by atoms with Crippen molar-refractivity contribution in [1.82, 2.24) is 10.3 Å². The van der Waals surface area contributed by atoms with Crippen molar-refractivity contribution in [3.05, 3.63) is 16.1 Å². The van der Waals surface area contributed by atoms with Crippen molar-refractivity contribution in [2.75, 3.05) is 13.7 Å². The molecule has 1 aromatic rings. The molecule has 0 spiro atoms. The molecule has 0 aliphatic carbocycles. The molecular weight excluding hydrogens is 375 g/mol. The van der Waals surface area contributed by atoms with E-state index in [4.69, 9.17) is 10.5 Å². The van der Waals surface area contributed by atoms with Gasteiger partial charge in [-0.25, -0.2) is 9.98 Å². The first kappa shape index (κ1) is 18.6. The van der Waals surface area contributed by atoms with Crippen LogP contribution in [0.3, 0.4) is 0 Å². The minimum Gasteiger partial charge on any atom is -0.383 e. The zero-order valence-electron chi connectivity index (χ0n) is 11.8. The van der Waals surface area contributed by atoms with Gasteiger partial charge in [0, 0.05) is 24.4 Å². The van der Waals surface area contributed by atoms with E-state index in [1.807, 2.05) is 12.3 Å². The first-order chi connectivity index (χ1) is 8.52. The maximum atomic E-state index is 5.78. The SMILES string of the molecule is COCC(C)NC(N)=NCc1csc(C(C)C)n1.I. The largest absolute Gasteiger partial charge is 0.383 e. The van der Waals surface area contributed by atoms with E-state index in [1.165, 1.54) is 0 Å². The zero-order chi connectivity index (χ0) is 13.5. The van der Waals surface area contributed by atoms with Gasteiger partial charge < -0.3 is 15.8 Å². The lowest BCUT2D eigenvalue weighted by Gasteiger charge is -2.12. The van der Waals surface area contributed by atoms with Gasteiger partial charge in [0.2, 0.25) is 0 Å². The number of halogens is 1. The Morgan fingerprint density at radius 1 is 1.53 bits per heavy atom. The number of thiazole rings is 1. The zero-order valence-corrected chi connectivity index (χ0v) is 15.0. The molecule has 0 radical (unpaired) electrons. The highest BCUT2D eigenvalue weighted by molar-refractivity contribution is 14.0. The maximum absolute atomic E-state index is 5.78. The smallest absolute Gasteiger partial charge is 0.189 e. The molecular formula is C12H23IN4OS. The highest BCUT2D eigenvalue weighted by atomic mass is 127. The van der Waals surface area contributed by atoms with E-state index in [0.717, 1.165) is 10.7 Å². The van der Waals surface area contributed by atoms with Crippen molar-refractivity contribution >= 4 is 41.3 Å². The second kappa shape index (κ2) is 9.49. The molecule has 0 amide bonds. The van der Waals surface area contributed by atoms with Gasteiger partial charge in [0.15, 0.2) is 5.96 Å². The second-order valence-corrected chi connectivity index (χ2v) is 5.42. The highest BCUT2D eigenvalue weighted by Crippen LogP contribution is 2.19. The fraction of sp³-hybridized carbons (Fsp3) is 0.667. The van der Waals surface area contributed by atoms with Crippen LogP contribution >= 0.6 is 35.3 Å². The van der Waals surface area contributed by atoms with Crippen LogP contribution in [0.25, 0.3) is 0 Å². The number of rotatable bonds is 6. The molecule has 0 bridgehead atoms. The molecule has 0 fully saturated rings. The Kier molecular flexibility index (Phi) is 9.28. The third-order valence-corrected chi connectivity index (χ3v) is 3.48. The molecule has 0 aliphatic heterocycles. The van der Waals surface area contributed by atoms with Crippen molar-refractivity contribution in [3.63, 3.8) is 0 Å². The summed E-state index contributed by atoms with van der Waals surface area (Å²) in [5, 5.41) is 6.23. The van der Waals surface area contributed by atoms with Gasteiger partial charge in [-0.1, -0.05) is 13.8 Å². The predicted octanol–water partition coefficient (Wildman–Crippen LogP) is 2.32. The molecule has 1 unspecified atom stereocenters. The number of guanidine groups is 1. The second-order valence-electron chi connectivity index (χ2n) is 4.53. The van der Waals surface area contributed by atoms with Crippen molar-refractivity contribution in [3.8, 4) is 0 Å². The number of nitrogens with zero attached hydrogens (tertiary/aromatic N) is 2. The molecule has 0 aliphatic rings. The van der Waals surface area contributed by atoms with Crippen LogP contribution in [0.15, 0.2) is 10.4 Å². The van der Waals surface area contributed by atoms with Gasteiger partial charge in [-0.15, -0.1) is 35.3 Å². The average Bonchev–Trinajstić information content (AvgIpc) is 2.75. The summed E-state index contributed by atoms with van der Waals surface area (Å²) >= 11 is 1.67. The number of aliphatic imine (C=N–C) groups is 1. The Hall–Kier alpha value is -0.410. The van der Waals surface area contributed by atoms with Crippen LogP contribution in [-0.4, -0.2) is 30.7 Å². The molecule has 19 heavy (non-hydrogen) atoms. The standard InChI is InChI=1S/C12H22N4OS.HI/c1-8(2)11-16-10(7-18-11)5-14-12(13)15-9(3)6-17-4;/h7-9H,5-6H2,1-4H3,(H3,13,14,15);1H. The summed E-state index contributed by atoms with van der Waals surface area (Å²) in [6, 6.07) is 0.153. The van der Waals surface area contributed by atoms with E-state index in [-0.39, 0.29) is 30.0 Å². The van der Waals surface area contributed by atoms with E-state index in [9.17, 15) is 0 Å². The molecule has 110 valence electrons. The number of hydrogen-bond acceptors (Lipinski definition) is 4. The molecule has 7 heteroatoms. The van der Waals surface area contributed by atoms with Gasteiger partial charge in [0.1, 0.15) is 0 Å². The first-order valence-electron chi connectivity index (χ1n) is 6.02. The van der Waals surface area contributed by atoms with Crippen molar-refractivity contribution < 1.29 is 4.74 Å². The molecule has 0 saturated carbocycles. The van der Waals surface area contributed by atoms with E-state index in [2.05, 4.69) is 29.1 Å². The number of ether oxygens (including phenoxy) is 1. The van der Waals surface area contributed by atoms with Gasteiger partial charge >= 0.3 is 0 Å². The molecule has 1 heterocycles. The molecule has 1 rings (SSSR count). The van der Waals surface area contributed by atoms with E-state index >= 15 is 0 Å². The molecule has 1 aromatic heterocycles. The van der Waals surface area contributed by atoms with Crippen molar-refractivity contribution in [2.24, 2.45) is 10.7 Å². The molecule has 3 N–H and O–H groups in total. The van der Waals surface area contributed by atoms with Crippen molar-refractivity contribution in [1.29, 1.82) is 0 Å². The topological polar surface area (TPSA) is 72.5 Å². The van der Waals surface area contributed by atoms with Gasteiger partial charge in [-0.2, -0.15) is 0 Å². The summed E-state index contributed by atoms with van der Waals surface area (Å²) in [7, 11) is 1.66. The Morgan fingerprint density at radius 3 is 2.74 bits per heavy atom.